The Balaban J connectivity index is 2.14. The molecule has 1 atom stereocenters. The van der Waals surface area contributed by atoms with Crippen molar-refractivity contribution in [2.24, 2.45) is 0 Å². The van der Waals surface area contributed by atoms with Crippen LogP contribution in [-0.2, 0) is 4.74 Å². The molecule has 1 aromatic heterocycles. The van der Waals surface area contributed by atoms with Crippen molar-refractivity contribution in [3.8, 4) is 0 Å². The molecule has 1 aromatic rings. The van der Waals surface area contributed by atoms with E-state index in [0.717, 1.165) is 25.5 Å². The van der Waals surface area contributed by atoms with E-state index in [2.05, 4.69) is 34.1 Å². The molecule has 1 N–H and O–H groups in total. The number of likely N-dealkylation sites (N-methyl/N-ethyl adjacent to an activating group) is 1. The van der Waals surface area contributed by atoms with Crippen LogP contribution in [0.25, 0.3) is 0 Å². The summed E-state index contributed by atoms with van der Waals surface area (Å²) in [6, 6.07) is 2.14. The number of anilines is 2. The average Bonchev–Trinajstić information content (AvgIpc) is 2.39. The van der Waals surface area contributed by atoms with Gasteiger partial charge < -0.3 is 14.5 Å². The first-order valence-corrected chi connectivity index (χ1v) is 8.14. The summed E-state index contributed by atoms with van der Waals surface area (Å²) < 4.78 is 5.27. The first kappa shape index (κ1) is 17.8. The van der Waals surface area contributed by atoms with Gasteiger partial charge in [-0.1, -0.05) is 11.6 Å². The Morgan fingerprint density at radius 2 is 2.13 bits per heavy atom. The van der Waals surface area contributed by atoms with E-state index in [0.29, 0.717) is 16.8 Å². The number of hydrogen-bond donors (Lipinski definition) is 1. The molecular formula is C16H25ClN4O2. The second-order valence-corrected chi connectivity index (χ2v) is 7.36. The van der Waals surface area contributed by atoms with E-state index in [1.54, 1.807) is 12.3 Å². The Morgan fingerprint density at radius 1 is 1.43 bits per heavy atom. The molecule has 1 aliphatic rings. The molecule has 0 radical (unpaired) electrons. The monoisotopic (exact) mass is 340 g/mol. The van der Waals surface area contributed by atoms with Crippen LogP contribution in [-0.4, -0.2) is 54.3 Å². The second-order valence-electron chi connectivity index (χ2n) is 6.95. The summed E-state index contributed by atoms with van der Waals surface area (Å²) >= 11 is 6.15. The smallest absolute Gasteiger partial charge is 0.412 e. The van der Waals surface area contributed by atoms with Gasteiger partial charge in [0.1, 0.15) is 11.4 Å². The molecule has 0 aromatic carbocycles. The molecular weight excluding hydrogens is 316 g/mol. The highest BCUT2D eigenvalue weighted by Crippen LogP contribution is 2.27. The number of halogens is 1. The molecule has 1 fully saturated rings. The van der Waals surface area contributed by atoms with Gasteiger partial charge in [-0.25, -0.2) is 9.78 Å². The summed E-state index contributed by atoms with van der Waals surface area (Å²) in [5, 5.41) is 3.09. The Bertz CT molecular complexity index is 574. The predicted octanol–water partition coefficient (Wildman–Crippen LogP) is 3.22. The average molecular weight is 341 g/mol. The van der Waals surface area contributed by atoms with Gasteiger partial charge in [-0.2, -0.15) is 0 Å². The largest absolute Gasteiger partial charge is 0.444 e. The van der Waals surface area contributed by atoms with E-state index in [4.69, 9.17) is 16.3 Å². The normalized spacial score (nSPS) is 19.6. The van der Waals surface area contributed by atoms with Crippen LogP contribution in [0.2, 0.25) is 5.02 Å². The Kier molecular flexibility index (Phi) is 5.37. The highest BCUT2D eigenvalue weighted by Gasteiger charge is 2.24. The molecule has 128 valence electrons. The maximum absolute atomic E-state index is 11.9. The zero-order valence-corrected chi connectivity index (χ0v) is 15.1. The molecule has 23 heavy (non-hydrogen) atoms. The van der Waals surface area contributed by atoms with Crippen LogP contribution < -0.4 is 10.2 Å². The Hall–Kier alpha value is -1.53. The summed E-state index contributed by atoms with van der Waals surface area (Å²) in [6.45, 7) is 10.4. The zero-order valence-electron chi connectivity index (χ0n) is 14.4. The van der Waals surface area contributed by atoms with Crippen molar-refractivity contribution in [1.82, 2.24) is 9.88 Å². The first-order valence-electron chi connectivity index (χ1n) is 7.76. The summed E-state index contributed by atoms with van der Waals surface area (Å²) in [6.07, 6.45) is 1.04. The summed E-state index contributed by atoms with van der Waals surface area (Å²) in [5.74, 6) is 0.807. The van der Waals surface area contributed by atoms with Gasteiger partial charge >= 0.3 is 6.09 Å². The number of nitrogens with zero attached hydrogens (tertiary/aromatic N) is 3. The number of aromatic nitrogens is 1. The molecule has 2 rings (SSSR count). The second kappa shape index (κ2) is 6.93. The third kappa shape index (κ3) is 4.97. The number of carbonyl (C=O) groups excluding carboxylic acids is 1. The fourth-order valence-electron chi connectivity index (χ4n) is 2.57. The number of amides is 1. The molecule has 6 nitrogen and oxygen atoms in total. The lowest BCUT2D eigenvalue weighted by molar-refractivity contribution is 0.0636. The van der Waals surface area contributed by atoms with Crippen molar-refractivity contribution in [1.29, 1.82) is 0 Å². The van der Waals surface area contributed by atoms with Crippen molar-refractivity contribution in [2.45, 2.75) is 39.3 Å². The van der Waals surface area contributed by atoms with Crippen molar-refractivity contribution in [3.63, 3.8) is 0 Å². The van der Waals surface area contributed by atoms with E-state index in [1.807, 2.05) is 20.8 Å². The van der Waals surface area contributed by atoms with E-state index < -0.39 is 11.7 Å². The van der Waals surface area contributed by atoms with Crippen LogP contribution in [0.15, 0.2) is 12.3 Å². The Labute approximate surface area is 142 Å². The van der Waals surface area contributed by atoms with Crippen molar-refractivity contribution in [2.75, 3.05) is 36.9 Å². The van der Waals surface area contributed by atoms with Crippen molar-refractivity contribution in [3.05, 3.63) is 17.3 Å². The van der Waals surface area contributed by atoms with Crippen molar-refractivity contribution >= 4 is 29.2 Å². The lowest BCUT2D eigenvalue weighted by Gasteiger charge is -2.39. The number of hydrogen-bond acceptors (Lipinski definition) is 5. The van der Waals surface area contributed by atoms with Gasteiger partial charge in [-0.3, -0.25) is 5.32 Å². The third-order valence-electron chi connectivity index (χ3n) is 3.60. The van der Waals surface area contributed by atoms with E-state index in [-0.39, 0.29) is 0 Å². The fourth-order valence-corrected chi connectivity index (χ4v) is 2.72. The molecule has 2 heterocycles. The van der Waals surface area contributed by atoms with E-state index in [1.165, 1.54) is 0 Å². The molecule has 1 amide bonds. The summed E-state index contributed by atoms with van der Waals surface area (Å²) in [7, 11) is 2.11. The number of pyridine rings is 1. The van der Waals surface area contributed by atoms with Crippen LogP contribution in [0.1, 0.15) is 27.7 Å². The van der Waals surface area contributed by atoms with Gasteiger partial charge in [-0.05, 0) is 34.7 Å². The fraction of sp³-hybridized carbons (Fsp3) is 0.625. The summed E-state index contributed by atoms with van der Waals surface area (Å²) in [5.41, 5.74) is -0.0460. The van der Waals surface area contributed by atoms with Crippen LogP contribution in [0.5, 0.6) is 0 Å². The van der Waals surface area contributed by atoms with Gasteiger partial charge in [-0.15, -0.1) is 0 Å². The topological polar surface area (TPSA) is 57.7 Å². The van der Waals surface area contributed by atoms with Crippen LogP contribution in [0.4, 0.5) is 16.3 Å². The zero-order chi connectivity index (χ0) is 17.2. The van der Waals surface area contributed by atoms with Gasteiger partial charge in [0.2, 0.25) is 0 Å². The van der Waals surface area contributed by atoms with Crippen molar-refractivity contribution < 1.29 is 9.53 Å². The minimum atomic E-state index is -0.557. The number of ether oxygens (including phenoxy) is 1. The molecule has 0 aliphatic carbocycles. The SMILES string of the molecule is C[C@H]1CN(C)CCN1c1cc(NC(=O)OC(C)(C)C)c(Cl)cn1. The molecule has 1 saturated heterocycles. The molecule has 0 spiro atoms. The molecule has 0 unspecified atom stereocenters. The number of piperazine rings is 1. The predicted molar refractivity (Wildman–Crippen MR) is 93.4 cm³/mol. The van der Waals surface area contributed by atoms with Gasteiger partial charge in [0.15, 0.2) is 0 Å². The standard InChI is InChI=1S/C16H25ClN4O2/c1-11-10-20(5)6-7-21(11)14-8-13(12(17)9-18-14)19-15(22)23-16(2,3)4/h8-9,11H,6-7,10H2,1-5H3,(H,18,19,22)/t11-/m0/s1. The lowest BCUT2D eigenvalue weighted by atomic mass is 10.2. The van der Waals surface area contributed by atoms with Gasteiger partial charge in [0, 0.05) is 31.7 Å². The van der Waals surface area contributed by atoms with Crippen LogP contribution >= 0.6 is 11.6 Å². The minimum absolute atomic E-state index is 0.344. The minimum Gasteiger partial charge on any atom is -0.444 e. The lowest BCUT2D eigenvalue weighted by Crippen LogP contribution is -2.50. The van der Waals surface area contributed by atoms with Gasteiger partial charge in [0.05, 0.1) is 16.9 Å². The van der Waals surface area contributed by atoms with E-state index >= 15 is 0 Å². The number of nitrogens with one attached hydrogen (secondary N) is 1. The number of carbonyl (C=O) groups is 1. The van der Waals surface area contributed by atoms with Crippen LogP contribution in [0.3, 0.4) is 0 Å². The highest BCUT2D eigenvalue weighted by molar-refractivity contribution is 6.33. The quantitative estimate of drug-likeness (QED) is 0.895. The highest BCUT2D eigenvalue weighted by atomic mass is 35.5. The summed E-state index contributed by atoms with van der Waals surface area (Å²) in [4.78, 5) is 20.9. The van der Waals surface area contributed by atoms with Gasteiger partial charge in [0.25, 0.3) is 0 Å². The first-order chi connectivity index (χ1) is 10.7. The number of rotatable bonds is 2. The molecule has 0 saturated carbocycles. The van der Waals surface area contributed by atoms with Crippen LogP contribution in [0, 0.1) is 0 Å². The molecule has 1 aliphatic heterocycles. The van der Waals surface area contributed by atoms with E-state index in [9.17, 15) is 4.79 Å². The maximum Gasteiger partial charge on any atom is 0.412 e. The molecule has 0 bridgehead atoms. The molecule has 7 heteroatoms. The third-order valence-corrected chi connectivity index (χ3v) is 3.90. The Morgan fingerprint density at radius 3 is 2.74 bits per heavy atom. The maximum atomic E-state index is 11.9.